The van der Waals surface area contributed by atoms with Gasteiger partial charge in [-0.2, -0.15) is 9.41 Å². The summed E-state index contributed by atoms with van der Waals surface area (Å²) in [5.74, 6) is -0.877. The third kappa shape index (κ3) is 7.71. The fourth-order valence-electron chi connectivity index (χ4n) is 4.01. The quantitative estimate of drug-likeness (QED) is 0.157. The fourth-order valence-corrected chi connectivity index (χ4v) is 5.40. The molecule has 0 bridgehead atoms. The minimum Gasteiger partial charge on any atom is -0.495 e. The molecular weight excluding hydrogens is 556 g/mol. The Labute approximate surface area is 245 Å². The van der Waals surface area contributed by atoms with Crippen molar-refractivity contribution in [2.75, 3.05) is 12.4 Å². The maximum absolute atomic E-state index is 13.6. The van der Waals surface area contributed by atoms with E-state index in [4.69, 9.17) is 9.15 Å². The van der Waals surface area contributed by atoms with E-state index in [1.165, 1.54) is 17.6 Å². The highest BCUT2D eigenvalue weighted by atomic mass is 32.2. The molecule has 1 aromatic heterocycles. The SMILES string of the molecule is COc1ccc(C)cc1NC(=O)C(=O)N/N=C/c1ccc(CN(Cc2ccc(C)cc2)S(=O)(=O)c2ccc(C)cc2)o1. The molecule has 0 fully saturated rings. The first kappa shape index (κ1) is 30.2. The van der Waals surface area contributed by atoms with E-state index >= 15 is 0 Å². The van der Waals surface area contributed by atoms with Crippen LogP contribution in [0.25, 0.3) is 0 Å². The molecule has 0 aliphatic rings. The molecule has 42 heavy (non-hydrogen) atoms. The van der Waals surface area contributed by atoms with E-state index in [2.05, 4.69) is 15.8 Å². The number of benzene rings is 3. The second-order valence-electron chi connectivity index (χ2n) is 9.73. The largest absolute Gasteiger partial charge is 0.495 e. The number of hydrogen-bond donors (Lipinski definition) is 2. The second-order valence-corrected chi connectivity index (χ2v) is 11.7. The van der Waals surface area contributed by atoms with Gasteiger partial charge in [0, 0.05) is 6.54 Å². The zero-order valence-electron chi connectivity index (χ0n) is 23.7. The number of hydrazone groups is 1. The van der Waals surface area contributed by atoms with Gasteiger partial charge in [-0.25, -0.2) is 13.8 Å². The molecule has 4 rings (SSSR count). The van der Waals surface area contributed by atoms with Crippen LogP contribution in [0.5, 0.6) is 5.75 Å². The lowest BCUT2D eigenvalue weighted by Gasteiger charge is -2.21. The number of ether oxygens (including phenoxy) is 1. The molecule has 0 saturated heterocycles. The van der Waals surface area contributed by atoms with Crippen LogP contribution in [0.3, 0.4) is 0 Å². The average molecular weight is 589 g/mol. The van der Waals surface area contributed by atoms with Crippen LogP contribution in [0.4, 0.5) is 5.69 Å². The summed E-state index contributed by atoms with van der Waals surface area (Å²) in [5.41, 5.74) is 6.23. The van der Waals surface area contributed by atoms with Crippen LogP contribution >= 0.6 is 0 Å². The lowest BCUT2D eigenvalue weighted by Crippen LogP contribution is -2.32. The van der Waals surface area contributed by atoms with Crippen LogP contribution in [-0.2, 0) is 32.7 Å². The molecule has 0 radical (unpaired) electrons. The van der Waals surface area contributed by atoms with E-state index in [0.717, 1.165) is 22.3 Å². The summed E-state index contributed by atoms with van der Waals surface area (Å²) in [6, 6.07) is 22.7. The van der Waals surface area contributed by atoms with Gasteiger partial charge in [0.25, 0.3) is 0 Å². The van der Waals surface area contributed by atoms with E-state index in [0.29, 0.717) is 17.2 Å². The molecule has 10 nitrogen and oxygen atoms in total. The molecule has 2 N–H and O–H groups in total. The third-order valence-electron chi connectivity index (χ3n) is 6.32. The van der Waals surface area contributed by atoms with Crippen LogP contribution in [-0.4, -0.2) is 37.9 Å². The Balaban J connectivity index is 1.44. The number of carbonyl (C=O) groups is 2. The molecule has 2 amide bonds. The summed E-state index contributed by atoms with van der Waals surface area (Å²) in [5, 5.41) is 6.29. The molecule has 4 aromatic rings. The number of furan rings is 1. The standard InChI is InChI=1S/C31H32N4O6S/c1-21-5-10-24(11-6-21)19-35(42(38,39)27-14-7-22(2)8-15-27)20-26-13-12-25(41-26)18-32-34-31(37)30(36)33-28-17-23(3)9-16-29(28)40-4/h5-18H,19-20H2,1-4H3,(H,33,36)(H,34,37)/b32-18+. The summed E-state index contributed by atoms with van der Waals surface area (Å²) < 4.78 is 39.5. The van der Waals surface area contributed by atoms with Gasteiger partial charge in [0.1, 0.15) is 17.3 Å². The maximum atomic E-state index is 13.6. The highest BCUT2D eigenvalue weighted by Gasteiger charge is 2.26. The number of rotatable bonds is 10. The van der Waals surface area contributed by atoms with Crippen molar-refractivity contribution in [1.29, 1.82) is 0 Å². The number of methoxy groups -OCH3 is 1. The normalized spacial score (nSPS) is 11.5. The molecule has 0 saturated carbocycles. The highest BCUT2D eigenvalue weighted by molar-refractivity contribution is 7.89. The van der Waals surface area contributed by atoms with Crippen molar-refractivity contribution >= 4 is 33.7 Å². The predicted molar refractivity (Wildman–Crippen MR) is 160 cm³/mol. The van der Waals surface area contributed by atoms with Crippen molar-refractivity contribution in [2.24, 2.45) is 5.10 Å². The molecule has 0 spiro atoms. The Morgan fingerprint density at radius 3 is 2.17 bits per heavy atom. The minimum atomic E-state index is -3.86. The molecule has 0 aliphatic heterocycles. The number of aryl methyl sites for hydroxylation is 3. The summed E-state index contributed by atoms with van der Waals surface area (Å²) in [6.45, 7) is 5.80. The summed E-state index contributed by atoms with van der Waals surface area (Å²) >= 11 is 0. The van der Waals surface area contributed by atoms with Crippen LogP contribution in [0, 0.1) is 20.8 Å². The Morgan fingerprint density at radius 1 is 0.857 bits per heavy atom. The van der Waals surface area contributed by atoms with Crippen molar-refractivity contribution in [2.45, 2.75) is 38.8 Å². The lowest BCUT2D eigenvalue weighted by atomic mass is 10.1. The van der Waals surface area contributed by atoms with E-state index in [9.17, 15) is 18.0 Å². The van der Waals surface area contributed by atoms with E-state index in [1.807, 2.05) is 51.1 Å². The number of hydrogen-bond acceptors (Lipinski definition) is 7. The average Bonchev–Trinajstić information content (AvgIpc) is 3.41. The monoisotopic (exact) mass is 588 g/mol. The van der Waals surface area contributed by atoms with Crippen LogP contribution < -0.4 is 15.5 Å². The second kappa shape index (κ2) is 13.3. The third-order valence-corrected chi connectivity index (χ3v) is 8.13. The van der Waals surface area contributed by atoms with Crippen molar-refractivity contribution < 1.29 is 27.2 Å². The number of anilines is 1. The molecule has 1 heterocycles. The van der Waals surface area contributed by atoms with Crippen LogP contribution in [0.15, 0.2) is 93.3 Å². The minimum absolute atomic E-state index is 0.0367. The van der Waals surface area contributed by atoms with Gasteiger partial charge in [-0.05, 0) is 68.3 Å². The number of carbonyl (C=O) groups excluding carboxylic acids is 2. The van der Waals surface area contributed by atoms with Gasteiger partial charge in [0.05, 0.1) is 30.5 Å². The Kier molecular flexibility index (Phi) is 9.56. The predicted octanol–water partition coefficient (Wildman–Crippen LogP) is 4.69. The maximum Gasteiger partial charge on any atom is 0.329 e. The molecule has 11 heteroatoms. The summed E-state index contributed by atoms with van der Waals surface area (Å²) in [7, 11) is -2.40. The Bertz CT molecular complexity index is 1690. The van der Waals surface area contributed by atoms with Gasteiger partial charge in [0.15, 0.2) is 0 Å². The van der Waals surface area contributed by atoms with E-state index in [1.54, 1.807) is 48.5 Å². The van der Waals surface area contributed by atoms with Gasteiger partial charge < -0.3 is 14.5 Å². The van der Waals surface area contributed by atoms with E-state index < -0.39 is 21.8 Å². The zero-order valence-corrected chi connectivity index (χ0v) is 24.6. The van der Waals surface area contributed by atoms with Crippen molar-refractivity contribution in [3.05, 3.63) is 113 Å². The van der Waals surface area contributed by atoms with Gasteiger partial charge in [0.2, 0.25) is 10.0 Å². The van der Waals surface area contributed by atoms with Gasteiger partial charge in [-0.15, -0.1) is 0 Å². The van der Waals surface area contributed by atoms with Crippen LogP contribution in [0.1, 0.15) is 33.8 Å². The fraction of sp³-hybridized carbons (Fsp3) is 0.194. The van der Waals surface area contributed by atoms with Crippen molar-refractivity contribution in [3.63, 3.8) is 0 Å². The first-order valence-electron chi connectivity index (χ1n) is 13.1. The first-order chi connectivity index (χ1) is 20.0. The smallest absolute Gasteiger partial charge is 0.329 e. The first-order valence-corrected chi connectivity index (χ1v) is 14.5. The van der Waals surface area contributed by atoms with Gasteiger partial charge >= 0.3 is 11.8 Å². The molecular formula is C31H32N4O6S. The Morgan fingerprint density at radius 2 is 1.50 bits per heavy atom. The van der Waals surface area contributed by atoms with Gasteiger partial charge in [-0.3, -0.25) is 9.59 Å². The molecule has 0 atom stereocenters. The lowest BCUT2D eigenvalue weighted by molar-refractivity contribution is -0.136. The number of sulfonamides is 1. The Hall–Kier alpha value is -4.74. The van der Waals surface area contributed by atoms with Gasteiger partial charge in [-0.1, -0.05) is 53.6 Å². The van der Waals surface area contributed by atoms with Crippen LogP contribution in [0.2, 0.25) is 0 Å². The number of nitrogens with zero attached hydrogens (tertiary/aromatic N) is 2. The number of amides is 2. The number of nitrogens with one attached hydrogen (secondary N) is 2. The van der Waals surface area contributed by atoms with Crippen molar-refractivity contribution in [1.82, 2.24) is 9.73 Å². The van der Waals surface area contributed by atoms with E-state index in [-0.39, 0.29) is 23.7 Å². The topological polar surface area (TPSA) is 130 Å². The summed E-state index contributed by atoms with van der Waals surface area (Å²) in [4.78, 5) is 24.7. The summed E-state index contributed by atoms with van der Waals surface area (Å²) in [6.07, 6.45) is 1.22. The molecule has 0 aliphatic carbocycles. The molecule has 218 valence electrons. The van der Waals surface area contributed by atoms with Crippen molar-refractivity contribution in [3.8, 4) is 5.75 Å². The molecule has 0 unspecified atom stereocenters. The zero-order chi connectivity index (χ0) is 30.3. The molecule has 3 aromatic carbocycles. The highest BCUT2D eigenvalue weighted by Crippen LogP contribution is 2.25.